The second-order valence-corrected chi connectivity index (χ2v) is 14.2. The van der Waals surface area contributed by atoms with E-state index in [0.29, 0.717) is 56.9 Å². The smallest absolute Gasteiger partial charge is 0.276 e. The maximum absolute atomic E-state index is 14.7. The summed E-state index contributed by atoms with van der Waals surface area (Å²) in [6.45, 7) is 6.29. The van der Waals surface area contributed by atoms with Gasteiger partial charge in [0.25, 0.3) is 11.8 Å². The molecule has 3 saturated heterocycles. The molecule has 0 saturated carbocycles. The Morgan fingerprint density at radius 2 is 1.83 bits per heavy atom. The molecule has 3 N–H and O–H groups in total. The molecular weight excluding hydrogens is 624 g/mol. The Bertz CT molecular complexity index is 1740. The lowest BCUT2D eigenvalue weighted by Crippen LogP contribution is -2.54. The van der Waals surface area contributed by atoms with Gasteiger partial charge in [0.1, 0.15) is 5.82 Å². The summed E-state index contributed by atoms with van der Waals surface area (Å²) < 4.78 is 31.1. The second-order valence-electron chi connectivity index (χ2n) is 14.2. The van der Waals surface area contributed by atoms with E-state index in [1.165, 1.54) is 20.0 Å². The molecule has 254 valence electrons. The highest BCUT2D eigenvalue weighted by atomic mass is 19.3. The first-order chi connectivity index (χ1) is 22.9. The fraction of sp³-hybridized carbons (Fsp3) is 0.545. The molecule has 13 nitrogen and oxygen atoms in total. The molecule has 0 spiro atoms. The highest BCUT2D eigenvalue weighted by Crippen LogP contribution is 2.46. The average Bonchev–Trinajstić information content (AvgIpc) is 3.64. The third-order valence-electron chi connectivity index (χ3n) is 10.4. The number of rotatable bonds is 7. The number of aromatic nitrogens is 5. The summed E-state index contributed by atoms with van der Waals surface area (Å²) >= 11 is 0. The van der Waals surface area contributed by atoms with Crippen molar-refractivity contribution in [3.8, 4) is 0 Å². The number of carbonyl (C=O) groups is 4. The summed E-state index contributed by atoms with van der Waals surface area (Å²) in [6, 6.07) is 3.80. The van der Waals surface area contributed by atoms with E-state index in [1.807, 2.05) is 17.0 Å². The molecule has 3 aromatic heterocycles. The quantitative estimate of drug-likeness (QED) is 0.326. The number of anilines is 2. The topological polar surface area (TPSA) is 158 Å². The number of pyridine rings is 1. The van der Waals surface area contributed by atoms with Crippen LogP contribution < -0.4 is 15.5 Å². The summed E-state index contributed by atoms with van der Waals surface area (Å²) in [7, 11) is 0. The molecule has 3 fully saturated rings. The Balaban J connectivity index is 0.855. The van der Waals surface area contributed by atoms with Gasteiger partial charge in [0, 0.05) is 92.9 Å². The van der Waals surface area contributed by atoms with Gasteiger partial charge in [-0.25, -0.2) is 13.8 Å². The highest BCUT2D eigenvalue weighted by molar-refractivity contribution is 6.04. The minimum absolute atomic E-state index is 0.0224. The van der Waals surface area contributed by atoms with E-state index in [0.717, 1.165) is 24.2 Å². The molecule has 0 bridgehead atoms. The summed E-state index contributed by atoms with van der Waals surface area (Å²) in [5.41, 5.74) is 0.811. The number of alkyl halides is 2. The number of H-pyrrole nitrogens is 1. The molecule has 4 amide bonds. The summed E-state index contributed by atoms with van der Waals surface area (Å²) in [6.07, 6.45) is 6.75. The number of carbonyl (C=O) groups excluding carboxylic acids is 4. The van der Waals surface area contributed by atoms with Gasteiger partial charge in [-0.2, -0.15) is 10.2 Å². The van der Waals surface area contributed by atoms with Crippen molar-refractivity contribution in [2.75, 3.05) is 36.4 Å². The first kappa shape index (κ1) is 31.9. The van der Waals surface area contributed by atoms with Gasteiger partial charge in [-0.05, 0) is 30.9 Å². The van der Waals surface area contributed by atoms with Crippen molar-refractivity contribution >= 4 is 35.1 Å². The predicted octanol–water partition coefficient (Wildman–Crippen LogP) is 2.91. The SMILES string of the molecule is CC1(C)Cc2[nH]nc(C(=O)Nc3cnn(CC4CN(C(=O)C5CCN(c6ccc(C7CCC(=O)NC7=O)cn6)CC5)C4)c3)c2CC1(F)F. The van der Waals surface area contributed by atoms with E-state index < -0.39 is 23.7 Å². The Morgan fingerprint density at radius 3 is 2.54 bits per heavy atom. The number of fused-ring (bicyclic) bond motifs is 1. The van der Waals surface area contributed by atoms with Crippen LogP contribution in [0.25, 0.3) is 0 Å². The Hall–Kier alpha value is -4.69. The van der Waals surface area contributed by atoms with Gasteiger partial charge >= 0.3 is 0 Å². The third kappa shape index (κ3) is 6.05. The molecule has 48 heavy (non-hydrogen) atoms. The Kier molecular flexibility index (Phi) is 8.03. The first-order valence-electron chi connectivity index (χ1n) is 16.5. The van der Waals surface area contributed by atoms with E-state index in [2.05, 4.69) is 35.8 Å². The van der Waals surface area contributed by atoms with Crippen LogP contribution in [0.3, 0.4) is 0 Å². The number of nitrogens with one attached hydrogen (secondary N) is 3. The van der Waals surface area contributed by atoms with Gasteiger partial charge in [-0.3, -0.25) is 34.3 Å². The van der Waals surface area contributed by atoms with Crippen LogP contribution in [0.1, 0.15) is 72.8 Å². The number of hydrogen-bond acceptors (Lipinski definition) is 8. The zero-order valence-corrected chi connectivity index (χ0v) is 27.0. The van der Waals surface area contributed by atoms with Gasteiger partial charge < -0.3 is 15.1 Å². The van der Waals surface area contributed by atoms with E-state index >= 15 is 0 Å². The number of hydrogen-bond donors (Lipinski definition) is 3. The molecule has 4 aliphatic rings. The maximum Gasteiger partial charge on any atom is 0.276 e. The molecule has 1 aliphatic carbocycles. The van der Waals surface area contributed by atoms with Crippen molar-refractivity contribution in [1.82, 2.24) is 35.2 Å². The maximum atomic E-state index is 14.7. The minimum Gasteiger partial charge on any atom is -0.357 e. The lowest BCUT2D eigenvalue weighted by atomic mass is 9.73. The van der Waals surface area contributed by atoms with Gasteiger partial charge in [-0.15, -0.1) is 0 Å². The average molecular weight is 664 g/mol. The first-order valence-corrected chi connectivity index (χ1v) is 16.5. The minimum atomic E-state index is -2.95. The standard InChI is InChI=1S/C33H39F2N9O4/c1-32(2)12-25-24(11-33(32,34)35)28(41-40-25)30(47)38-22-14-37-44(18-22)17-19-15-43(16-19)31(48)20-7-9-42(10-8-20)26-5-3-21(13-36-26)23-4-6-27(45)39-29(23)46/h3,5,13-14,18-20,23H,4,6-12,15-17H2,1-2H3,(H,38,47)(H,40,41)(H,39,45,46). The predicted molar refractivity (Wildman–Crippen MR) is 169 cm³/mol. The zero-order chi connectivity index (χ0) is 33.8. The molecule has 0 aromatic carbocycles. The molecule has 6 heterocycles. The molecule has 15 heteroatoms. The van der Waals surface area contributed by atoms with E-state index in [9.17, 15) is 28.0 Å². The van der Waals surface area contributed by atoms with Crippen LogP contribution in [-0.2, 0) is 33.8 Å². The molecule has 1 atom stereocenters. The third-order valence-corrected chi connectivity index (χ3v) is 10.4. The number of halogens is 2. The number of piperidine rings is 2. The Morgan fingerprint density at radius 1 is 1.06 bits per heavy atom. The van der Waals surface area contributed by atoms with Crippen molar-refractivity contribution in [2.45, 2.75) is 70.8 Å². The zero-order valence-electron chi connectivity index (χ0n) is 27.0. The summed E-state index contributed by atoms with van der Waals surface area (Å²) in [4.78, 5) is 58.4. The fourth-order valence-electron chi connectivity index (χ4n) is 7.22. The van der Waals surface area contributed by atoms with Gasteiger partial charge in [0.05, 0.1) is 17.8 Å². The highest BCUT2D eigenvalue weighted by Gasteiger charge is 2.51. The summed E-state index contributed by atoms with van der Waals surface area (Å²) in [5.74, 6) is -3.24. The molecule has 1 unspecified atom stereocenters. The number of amides is 4. The van der Waals surface area contributed by atoms with Crippen LogP contribution in [-0.4, -0.2) is 85.6 Å². The lowest BCUT2D eigenvalue weighted by molar-refractivity contribution is -0.143. The second kappa shape index (κ2) is 12.1. The number of nitrogens with zero attached hydrogens (tertiary/aromatic N) is 6. The van der Waals surface area contributed by atoms with E-state index in [4.69, 9.17) is 0 Å². The van der Waals surface area contributed by atoms with Crippen molar-refractivity contribution in [2.24, 2.45) is 17.3 Å². The number of aromatic amines is 1. The van der Waals surface area contributed by atoms with Gasteiger partial charge in [-0.1, -0.05) is 19.9 Å². The molecule has 3 aliphatic heterocycles. The van der Waals surface area contributed by atoms with Crippen LogP contribution in [0.2, 0.25) is 0 Å². The van der Waals surface area contributed by atoms with Crippen LogP contribution in [0.5, 0.6) is 0 Å². The van der Waals surface area contributed by atoms with Crippen molar-refractivity contribution in [3.05, 3.63) is 53.2 Å². The van der Waals surface area contributed by atoms with Crippen LogP contribution in [0.15, 0.2) is 30.7 Å². The largest absolute Gasteiger partial charge is 0.357 e. The number of imide groups is 1. The van der Waals surface area contributed by atoms with E-state index in [1.54, 1.807) is 17.1 Å². The van der Waals surface area contributed by atoms with E-state index in [-0.39, 0.29) is 53.2 Å². The number of likely N-dealkylation sites (tertiary alicyclic amines) is 1. The van der Waals surface area contributed by atoms with Crippen molar-refractivity contribution in [3.63, 3.8) is 0 Å². The van der Waals surface area contributed by atoms with Crippen LogP contribution in [0, 0.1) is 17.3 Å². The van der Waals surface area contributed by atoms with Crippen LogP contribution in [0.4, 0.5) is 20.3 Å². The van der Waals surface area contributed by atoms with Crippen molar-refractivity contribution in [1.29, 1.82) is 0 Å². The molecule has 7 rings (SSSR count). The normalized spacial score (nSPS) is 22.5. The molecule has 0 radical (unpaired) electrons. The summed E-state index contributed by atoms with van der Waals surface area (Å²) in [5, 5.41) is 16.3. The fourth-order valence-corrected chi connectivity index (χ4v) is 7.22. The van der Waals surface area contributed by atoms with Crippen LogP contribution >= 0.6 is 0 Å². The monoisotopic (exact) mass is 663 g/mol. The van der Waals surface area contributed by atoms with Gasteiger partial charge in [0.15, 0.2) is 5.69 Å². The van der Waals surface area contributed by atoms with Gasteiger partial charge in [0.2, 0.25) is 17.7 Å². The van der Waals surface area contributed by atoms with Crippen molar-refractivity contribution < 1.29 is 28.0 Å². The molecular formula is C33H39F2N9O4. The lowest BCUT2D eigenvalue weighted by Gasteiger charge is -2.42. The Labute approximate surface area is 275 Å². The molecule has 3 aromatic rings.